The number of methoxy groups -OCH3 is 1. The molecule has 0 aromatic heterocycles. The number of nitro groups is 1. The number of ether oxygens (including phenoxy) is 1. The number of nitrogens with one attached hydrogen (secondary N) is 1. The summed E-state index contributed by atoms with van der Waals surface area (Å²) in [6.45, 7) is 0. The van der Waals surface area contributed by atoms with Gasteiger partial charge in [-0.2, -0.15) is 0 Å². The molecule has 0 spiro atoms. The summed E-state index contributed by atoms with van der Waals surface area (Å²) in [5.41, 5.74) is -0.287. The van der Waals surface area contributed by atoms with Gasteiger partial charge in [-0.3, -0.25) is 19.7 Å². The SMILES string of the molecule is COC(=O)CC(=O)NS(=O)(=O)c1ccc([N+](=O)[O-])cc1. The van der Waals surface area contributed by atoms with Gasteiger partial charge in [-0.1, -0.05) is 0 Å². The van der Waals surface area contributed by atoms with Crippen LogP contribution in [0.25, 0.3) is 0 Å². The van der Waals surface area contributed by atoms with E-state index in [-0.39, 0.29) is 10.6 Å². The molecule has 108 valence electrons. The number of nitro benzene ring substituents is 1. The first-order chi connectivity index (χ1) is 9.26. The quantitative estimate of drug-likeness (QED) is 0.349. The van der Waals surface area contributed by atoms with Crippen LogP contribution in [0.3, 0.4) is 0 Å². The predicted octanol–water partition coefficient (Wildman–Crippen LogP) is -0.0372. The second kappa shape index (κ2) is 6.10. The Kier molecular flexibility index (Phi) is 4.75. The summed E-state index contributed by atoms with van der Waals surface area (Å²) in [4.78, 5) is 31.5. The number of carbonyl (C=O) groups is 2. The lowest BCUT2D eigenvalue weighted by Crippen LogP contribution is -2.32. The molecule has 9 nitrogen and oxygen atoms in total. The fourth-order valence-electron chi connectivity index (χ4n) is 1.20. The average Bonchev–Trinajstić information content (AvgIpc) is 2.37. The molecule has 0 saturated carbocycles. The van der Waals surface area contributed by atoms with Crippen LogP contribution in [0.15, 0.2) is 29.2 Å². The molecule has 20 heavy (non-hydrogen) atoms. The van der Waals surface area contributed by atoms with Crippen LogP contribution in [0.5, 0.6) is 0 Å². The van der Waals surface area contributed by atoms with Crippen molar-refractivity contribution in [2.75, 3.05) is 7.11 Å². The van der Waals surface area contributed by atoms with Crippen molar-refractivity contribution in [3.05, 3.63) is 34.4 Å². The van der Waals surface area contributed by atoms with Crippen molar-refractivity contribution in [3.8, 4) is 0 Å². The van der Waals surface area contributed by atoms with E-state index in [4.69, 9.17) is 0 Å². The zero-order valence-electron chi connectivity index (χ0n) is 10.2. The number of carbonyl (C=O) groups excluding carboxylic acids is 2. The van der Waals surface area contributed by atoms with Crippen LogP contribution in [0.4, 0.5) is 5.69 Å². The second-order valence-electron chi connectivity index (χ2n) is 3.53. The monoisotopic (exact) mass is 302 g/mol. The first-order valence-corrected chi connectivity index (χ1v) is 6.61. The number of non-ortho nitro benzene ring substituents is 1. The van der Waals surface area contributed by atoms with Crippen LogP contribution in [-0.2, 0) is 24.3 Å². The molecule has 10 heteroatoms. The van der Waals surface area contributed by atoms with Crippen molar-refractivity contribution >= 4 is 27.6 Å². The molecule has 0 aliphatic carbocycles. The minimum atomic E-state index is -4.19. The van der Waals surface area contributed by atoms with Crippen molar-refractivity contribution in [3.63, 3.8) is 0 Å². The third-order valence-electron chi connectivity index (χ3n) is 2.14. The minimum Gasteiger partial charge on any atom is -0.469 e. The molecule has 0 bridgehead atoms. The maximum Gasteiger partial charge on any atom is 0.315 e. The van der Waals surface area contributed by atoms with E-state index in [9.17, 15) is 28.1 Å². The summed E-state index contributed by atoms with van der Waals surface area (Å²) >= 11 is 0. The van der Waals surface area contributed by atoms with E-state index in [1.807, 2.05) is 0 Å². The third-order valence-corrected chi connectivity index (χ3v) is 3.53. The van der Waals surface area contributed by atoms with Gasteiger partial charge in [0.25, 0.3) is 15.7 Å². The Labute approximate surface area is 113 Å². The number of nitrogens with zero attached hydrogens (tertiary/aromatic N) is 1. The number of sulfonamides is 1. The lowest BCUT2D eigenvalue weighted by atomic mass is 10.3. The maximum atomic E-state index is 11.7. The first kappa shape index (κ1) is 15.6. The molecular weight excluding hydrogens is 292 g/mol. The molecule has 0 atom stereocenters. The molecule has 0 aliphatic rings. The van der Waals surface area contributed by atoms with Gasteiger partial charge in [-0.15, -0.1) is 0 Å². The Morgan fingerprint density at radius 3 is 2.30 bits per heavy atom. The molecule has 1 aromatic rings. The van der Waals surface area contributed by atoms with E-state index in [0.717, 1.165) is 31.4 Å². The summed E-state index contributed by atoms with van der Waals surface area (Å²) < 4.78 is 29.3. The molecular formula is C10H10N2O7S. The standard InChI is InChI=1S/C10H10N2O7S/c1-19-10(14)6-9(13)11-20(17,18)8-4-2-7(3-5-8)12(15)16/h2-5H,6H2,1H3,(H,11,13). The zero-order valence-corrected chi connectivity index (χ0v) is 11.0. The van der Waals surface area contributed by atoms with Crippen LogP contribution in [0, 0.1) is 10.1 Å². The Balaban J connectivity index is 2.86. The first-order valence-electron chi connectivity index (χ1n) is 5.13. The highest BCUT2D eigenvalue weighted by atomic mass is 32.2. The number of hydrogen-bond acceptors (Lipinski definition) is 7. The van der Waals surface area contributed by atoms with E-state index < -0.39 is 33.2 Å². The second-order valence-corrected chi connectivity index (χ2v) is 5.21. The number of rotatable bonds is 5. The molecule has 1 N–H and O–H groups in total. The number of amides is 1. The number of hydrogen-bond donors (Lipinski definition) is 1. The summed E-state index contributed by atoms with van der Waals surface area (Å²) in [6, 6.07) is 3.93. The Morgan fingerprint density at radius 2 is 1.85 bits per heavy atom. The molecule has 1 aromatic carbocycles. The van der Waals surface area contributed by atoms with Crippen LogP contribution in [0.2, 0.25) is 0 Å². The Hall–Kier alpha value is -2.49. The van der Waals surface area contributed by atoms with Crippen LogP contribution in [-0.4, -0.2) is 32.3 Å². The lowest BCUT2D eigenvalue weighted by Gasteiger charge is -2.06. The van der Waals surface area contributed by atoms with Crippen molar-refractivity contribution in [1.29, 1.82) is 0 Å². The molecule has 0 aliphatic heterocycles. The summed E-state index contributed by atoms with van der Waals surface area (Å²) in [5.74, 6) is -1.95. The number of benzene rings is 1. The molecule has 1 rings (SSSR count). The van der Waals surface area contributed by atoms with Crippen molar-refractivity contribution in [2.24, 2.45) is 0 Å². The van der Waals surface area contributed by atoms with Gasteiger partial charge in [0.15, 0.2) is 0 Å². The van der Waals surface area contributed by atoms with Gasteiger partial charge in [-0.05, 0) is 12.1 Å². The summed E-state index contributed by atoms with van der Waals surface area (Å²) in [7, 11) is -3.13. The third kappa shape index (κ3) is 4.02. The molecule has 1 amide bonds. The summed E-state index contributed by atoms with van der Waals surface area (Å²) in [6.07, 6.45) is -0.747. The average molecular weight is 302 g/mol. The van der Waals surface area contributed by atoms with Crippen molar-refractivity contribution in [2.45, 2.75) is 11.3 Å². The molecule has 0 fully saturated rings. The van der Waals surface area contributed by atoms with Crippen molar-refractivity contribution in [1.82, 2.24) is 4.72 Å². The highest BCUT2D eigenvalue weighted by Crippen LogP contribution is 2.15. The topological polar surface area (TPSA) is 133 Å². The van der Waals surface area contributed by atoms with E-state index >= 15 is 0 Å². The van der Waals surface area contributed by atoms with Gasteiger partial charge >= 0.3 is 5.97 Å². The van der Waals surface area contributed by atoms with Crippen LogP contribution in [0.1, 0.15) is 6.42 Å². The molecule has 0 heterocycles. The highest BCUT2D eigenvalue weighted by molar-refractivity contribution is 7.90. The molecule has 0 radical (unpaired) electrons. The van der Waals surface area contributed by atoms with Gasteiger partial charge in [0.1, 0.15) is 6.42 Å². The van der Waals surface area contributed by atoms with Gasteiger partial charge in [0, 0.05) is 12.1 Å². The van der Waals surface area contributed by atoms with Gasteiger partial charge in [-0.25, -0.2) is 13.1 Å². The van der Waals surface area contributed by atoms with Crippen molar-refractivity contribution < 1.29 is 27.7 Å². The highest BCUT2D eigenvalue weighted by Gasteiger charge is 2.20. The van der Waals surface area contributed by atoms with E-state index in [0.29, 0.717) is 0 Å². The fraction of sp³-hybridized carbons (Fsp3) is 0.200. The Morgan fingerprint density at radius 1 is 1.30 bits per heavy atom. The van der Waals surface area contributed by atoms with Gasteiger partial charge < -0.3 is 4.74 Å². The summed E-state index contributed by atoms with van der Waals surface area (Å²) in [5, 5.41) is 10.4. The maximum absolute atomic E-state index is 11.7. The zero-order chi connectivity index (χ0) is 15.3. The van der Waals surface area contributed by atoms with Gasteiger partial charge in [0.05, 0.1) is 16.9 Å². The number of esters is 1. The fourth-order valence-corrected chi connectivity index (χ4v) is 2.18. The van der Waals surface area contributed by atoms with E-state index in [1.165, 1.54) is 0 Å². The molecule has 0 unspecified atom stereocenters. The largest absolute Gasteiger partial charge is 0.469 e. The predicted molar refractivity (Wildman–Crippen MR) is 65.1 cm³/mol. The van der Waals surface area contributed by atoms with Crippen LogP contribution < -0.4 is 4.72 Å². The van der Waals surface area contributed by atoms with Gasteiger partial charge in [0.2, 0.25) is 5.91 Å². The molecule has 0 saturated heterocycles. The smallest absolute Gasteiger partial charge is 0.315 e. The van der Waals surface area contributed by atoms with Crippen LogP contribution >= 0.6 is 0 Å². The van der Waals surface area contributed by atoms with E-state index in [2.05, 4.69) is 4.74 Å². The normalized spacial score (nSPS) is 10.7. The lowest BCUT2D eigenvalue weighted by molar-refractivity contribution is -0.384. The van der Waals surface area contributed by atoms with E-state index in [1.54, 1.807) is 4.72 Å². The minimum absolute atomic E-state index is 0.287. The Bertz CT molecular complexity index is 636.